The van der Waals surface area contributed by atoms with Crippen molar-refractivity contribution in [3.63, 3.8) is 0 Å². The zero-order valence-corrected chi connectivity index (χ0v) is 21.3. The number of carbonyl (C=O) groups excluding carboxylic acids is 2. The van der Waals surface area contributed by atoms with Gasteiger partial charge in [-0.3, -0.25) is 19.5 Å². The minimum atomic E-state index is 0.0475. The van der Waals surface area contributed by atoms with Crippen LogP contribution in [-0.2, 0) is 27.4 Å². The van der Waals surface area contributed by atoms with Crippen LogP contribution in [-0.4, -0.2) is 64.5 Å². The molecular formula is C29H38N4O3. The summed E-state index contributed by atoms with van der Waals surface area (Å²) < 4.78 is 5.79. The Morgan fingerprint density at radius 3 is 2.69 bits per heavy atom. The van der Waals surface area contributed by atoms with E-state index in [1.165, 1.54) is 5.56 Å². The number of benzene rings is 1. The van der Waals surface area contributed by atoms with E-state index in [-0.39, 0.29) is 24.0 Å². The Morgan fingerprint density at radius 2 is 1.92 bits per heavy atom. The molecule has 1 aromatic heterocycles. The topological polar surface area (TPSA) is 66.0 Å². The van der Waals surface area contributed by atoms with Gasteiger partial charge in [0, 0.05) is 76.3 Å². The molecule has 3 aliphatic heterocycles. The van der Waals surface area contributed by atoms with E-state index in [4.69, 9.17) is 4.74 Å². The normalized spacial score (nSPS) is 24.9. The van der Waals surface area contributed by atoms with Crippen LogP contribution in [0, 0.1) is 0 Å². The van der Waals surface area contributed by atoms with E-state index in [1.807, 2.05) is 40.3 Å². The van der Waals surface area contributed by atoms with Crippen molar-refractivity contribution in [2.45, 2.75) is 83.1 Å². The van der Waals surface area contributed by atoms with Crippen molar-refractivity contribution in [3.05, 3.63) is 59.9 Å². The molecule has 36 heavy (non-hydrogen) atoms. The monoisotopic (exact) mass is 490 g/mol. The highest BCUT2D eigenvalue weighted by Crippen LogP contribution is 2.33. The smallest absolute Gasteiger partial charge is 0.223 e. The summed E-state index contributed by atoms with van der Waals surface area (Å²) in [5, 5.41) is 0. The highest BCUT2D eigenvalue weighted by Gasteiger charge is 2.36. The van der Waals surface area contributed by atoms with E-state index < -0.39 is 0 Å². The average Bonchev–Trinajstić information content (AvgIpc) is 3.53. The molecule has 2 aromatic rings. The number of aromatic nitrogens is 1. The first-order valence-corrected chi connectivity index (χ1v) is 13.5. The van der Waals surface area contributed by atoms with Gasteiger partial charge in [-0.15, -0.1) is 0 Å². The molecule has 2 amide bonds. The van der Waals surface area contributed by atoms with Gasteiger partial charge in [-0.2, -0.15) is 0 Å². The fraction of sp³-hybridized carbons (Fsp3) is 0.552. The van der Waals surface area contributed by atoms with Gasteiger partial charge in [0.15, 0.2) is 0 Å². The second-order valence-corrected chi connectivity index (χ2v) is 10.5. The SMILES string of the molecule is CC(=O)N1CCC2CCC(CN(C(=O)CCC3CCCO3)Cc3ccccc31)N2Cc1cccnc1. The Bertz CT molecular complexity index is 1040. The number of para-hydroxylation sites is 1. The fourth-order valence-electron chi connectivity index (χ4n) is 6.14. The number of pyridine rings is 1. The van der Waals surface area contributed by atoms with Crippen molar-refractivity contribution in [3.8, 4) is 0 Å². The van der Waals surface area contributed by atoms with Crippen molar-refractivity contribution in [1.82, 2.24) is 14.8 Å². The van der Waals surface area contributed by atoms with Crippen LogP contribution in [0.3, 0.4) is 0 Å². The van der Waals surface area contributed by atoms with Crippen LogP contribution in [0.5, 0.6) is 0 Å². The van der Waals surface area contributed by atoms with E-state index in [0.29, 0.717) is 32.1 Å². The van der Waals surface area contributed by atoms with Crippen molar-refractivity contribution in [1.29, 1.82) is 0 Å². The van der Waals surface area contributed by atoms with E-state index >= 15 is 0 Å². The summed E-state index contributed by atoms with van der Waals surface area (Å²) in [5.74, 6) is 0.227. The minimum absolute atomic E-state index is 0.0475. The van der Waals surface area contributed by atoms with E-state index in [1.54, 1.807) is 13.1 Å². The zero-order valence-electron chi connectivity index (χ0n) is 21.3. The van der Waals surface area contributed by atoms with Crippen molar-refractivity contribution in [2.75, 3.05) is 24.6 Å². The summed E-state index contributed by atoms with van der Waals surface area (Å²) in [5.41, 5.74) is 3.15. The fourth-order valence-corrected chi connectivity index (χ4v) is 6.14. The van der Waals surface area contributed by atoms with Gasteiger partial charge in [-0.1, -0.05) is 24.3 Å². The van der Waals surface area contributed by atoms with Gasteiger partial charge in [0.25, 0.3) is 0 Å². The van der Waals surface area contributed by atoms with Gasteiger partial charge >= 0.3 is 0 Å². The predicted octanol–water partition coefficient (Wildman–Crippen LogP) is 4.16. The van der Waals surface area contributed by atoms with Crippen molar-refractivity contribution >= 4 is 17.5 Å². The maximum Gasteiger partial charge on any atom is 0.223 e. The molecule has 2 bridgehead atoms. The molecule has 2 fully saturated rings. The highest BCUT2D eigenvalue weighted by atomic mass is 16.5. The Morgan fingerprint density at radius 1 is 1.06 bits per heavy atom. The molecule has 4 heterocycles. The molecule has 0 N–H and O–H groups in total. The maximum atomic E-state index is 13.6. The van der Waals surface area contributed by atoms with Crippen molar-refractivity contribution < 1.29 is 14.3 Å². The summed E-state index contributed by atoms with van der Waals surface area (Å²) in [4.78, 5) is 37.2. The minimum Gasteiger partial charge on any atom is -0.378 e. The number of rotatable bonds is 5. The molecule has 0 aliphatic carbocycles. The van der Waals surface area contributed by atoms with Gasteiger partial charge in [-0.05, 0) is 61.8 Å². The van der Waals surface area contributed by atoms with E-state index in [2.05, 4.69) is 22.0 Å². The number of anilines is 1. The number of amides is 2. The zero-order chi connectivity index (χ0) is 24.9. The number of ether oxygens (including phenoxy) is 1. The summed E-state index contributed by atoms with van der Waals surface area (Å²) in [6.45, 7) is 5.17. The molecule has 0 radical (unpaired) electrons. The van der Waals surface area contributed by atoms with Crippen LogP contribution in [0.1, 0.15) is 63.0 Å². The quantitative estimate of drug-likeness (QED) is 0.630. The standard InChI is InChI=1S/C29H38N4O3/c1-22(34)32-16-14-25-10-11-26(33(25)19-23-6-4-15-30-18-23)21-31(20-24-7-2-3-9-28(24)32)29(35)13-12-27-8-5-17-36-27/h2-4,6-7,9,15,18,25-27H,5,8,10-14,16-17,19-21H2,1H3. The lowest BCUT2D eigenvalue weighted by Crippen LogP contribution is -2.45. The van der Waals surface area contributed by atoms with Crippen LogP contribution in [0.4, 0.5) is 5.69 Å². The molecule has 0 spiro atoms. The molecule has 5 rings (SSSR count). The Balaban J connectivity index is 1.44. The lowest BCUT2D eigenvalue weighted by atomic mass is 10.1. The average molecular weight is 491 g/mol. The van der Waals surface area contributed by atoms with Crippen LogP contribution < -0.4 is 4.90 Å². The van der Waals surface area contributed by atoms with Gasteiger partial charge < -0.3 is 14.5 Å². The Hall–Kier alpha value is -2.77. The number of hydrogen-bond acceptors (Lipinski definition) is 5. The summed E-state index contributed by atoms with van der Waals surface area (Å²) in [6.07, 6.45) is 10.4. The molecule has 1 aromatic carbocycles. The maximum absolute atomic E-state index is 13.6. The highest BCUT2D eigenvalue weighted by molar-refractivity contribution is 5.92. The Kier molecular flexibility index (Phi) is 7.97. The largest absolute Gasteiger partial charge is 0.378 e. The second kappa shape index (κ2) is 11.5. The third kappa shape index (κ3) is 5.79. The molecule has 0 saturated carbocycles. The number of fused-ring (bicyclic) bond motifs is 3. The first-order valence-electron chi connectivity index (χ1n) is 13.5. The van der Waals surface area contributed by atoms with Crippen molar-refractivity contribution in [2.24, 2.45) is 0 Å². The van der Waals surface area contributed by atoms with Crippen LogP contribution >= 0.6 is 0 Å². The first-order chi connectivity index (χ1) is 17.6. The van der Waals surface area contributed by atoms with Crippen LogP contribution in [0.15, 0.2) is 48.8 Å². The van der Waals surface area contributed by atoms with E-state index in [0.717, 1.165) is 62.9 Å². The molecule has 3 aliphatic rings. The third-order valence-corrected chi connectivity index (χ3v) is 8.06. The summed E-state index contributed by atoms with van der Waals surface area (Å²) in [7, 11) is 0. The third-order valence-electron chi connectivity index (χ3n) is 8.06. The summed E-state index contributed by atoms with van der Waals surface area (Å²) in [6, 6.07) is 12.8. The van der Waals surface area contributed by atoms with Crippen LogP contribution in [0.2, 0.25) is 0 Å². The van der Waals surface area contributed by atoms with Gasteiger partial charge in [0.1, 0.15) is 0 Å². The molecule has 3 atom stereocenters. The van der Waals surface area contributed by atoms with E-state index in [9.17, 15) is 9.59 Å². The number of carbonyl (C=O) groups is 2. The number of nitrogens with zero attached hydrogens (tertiary/aromatic N) is 4. The van der Waals surface area contributed by atoms with Crippen LogP contribution in [0.25, 0.3) is 0 Å². The molecule has 2 saturated heterocycles. The number of hydrogen-bond donors (Lipinski definition) is 0. The molecule has 7 nitrogen and oxygen atoms in total. The molecule has 3 unspecified atom stereocenters. The molecule has 192 valence electrons. The Labute approximate surface area is 214 Å². The second-order valence-electron chi connectivity index (χ2n) is 10.5. The van der Waals surface area contributed by atoms with Gasteiger partial charge in [0.05, 0.1) is 6.10 Å². The van der Waals surface area contributed by atoms with Gasteiger partial charge in [-0.25, -0.2) is 0 Å². The first kappa shape index (κ1) is 24.9. The lowest BCUT2D eigenvalue weighted by Gasteiger charge is -2.34. The predicted molar refractivity (Wildman–Crippen MR) is 139 cm³/mol. The molecule has 7 heteroatoms. The summed E-state index contributed by atoms with van der Waals surface area (Å²) >= 11 is 0. The molecular weight excluding hydrogens is 452 g/mol. The lowest BCUT2D eigenvalue weighted by molar-refractivity contribution is -0.133. The van der Waals surface area contributed by atoms with Gasteiger partial charge in [0.2, 0.25) is 11.8 Å².